The van der Waals surface area contributed by atoms with Crippen molar-refractivity contribution in [2.45, 2.75) is 64.8 Å². The van der Waals surface area contributed by atoms with E-state index >= 15 is 0 Å². The van der Waals surface area contributed by atoms with Crippen LogP contribution in [0.4, 0.5) is 0 Å². The predicted molar refractivity (Wildman–Crippen MR) is 91.3 cm³/mol. The minimum absolute atomic E-state index is 0.252. The zero-order valence-corrected chi connectivity index (χ0v) is 14.8. The fraction of sp³-hybridized carbons (Fsp3) is 0.889. The number of hydrogen-bond acceptors (Lipinski definition) is 5. The van der Waals surface area contributed by atoms with Crippen molar-refractivity contribution in [1.82, 2.24) is 19.9 Å². The summed E-state index contributed by atoms with van der Waals surface area (Å²) in [7, 11) is 0. The van der Waals surface area contributed by atoms with Crippen LogP contribution in [0.5, 0.6) is 0 Å². The van der Waals surface area contributed by atoms with E-state index in [1.807, 2.05) is 0 Å². The molecule has 0 N–H and O–H groups in total. The molecule has 1 aromatic rings. The Kier molecular flexibility index (Phi) is 6.06. The maximum Gasteiger partial charge on any atom is 0.243 e. The Balaban J connectivity index is 1.45. The normalized spacial score (nSPS) is 23.7. The van der Waals surface area contributed by atoms with Crippen LogP contribution in [0, 0.1) is 5.92 Å². The van der Waals surface area contributed by atoms with Gasteiger partial charge in [0.25, 0.3) is 0 Å². The van der Waals surface area contributed by atoms with Gasteiger partial charge >= 0.3 is 0 Å². The van der Waals surface area contributed by atoms with Crippen LogP contribution in [0.25, 0.3) is 0 Å². The van der Waals surface area contributed by atoms with E-state index in [0.29, 0.717) is 0 Å². The molecule has 2 aliphatic rings. The quantitative estimate of drug-likeness (QED) is 0.833. The van der Waals surface area contributed by atoms with Crippen molar-refractivity contribution < 1.29 is 4.52 Å². The van der Waals surface area contributed by atoms with Gasteiger partial charge in [0.1, 0.15) is 0 Å². The minimum atomic E-state index is 0.252. The van der Waals surface area contributed by atoms with Crippen molar-refractivity contribution in [2.75, 3.05) is 32.7 Å². The molecule has 23 heavy (non-hydrogen) atoms. The van der Waals surface area contributed by atoms with Crippen molar-refractivity contribution in [3.8, 4) is 0 Å². The summed E-state index contributed by atoms with van der Waals surface area (Å²) >= 11 is 0. The first-order valence-electron chi connectivity index (χ1n) is 9.55. The van der Waals surface area contributed by atoms with E-state index in [9.17, 15) is 0 Å². The molecule has 5 nitrogen and oxygen atoms in total. The number of nitrogens with zero attached hydrogens (tertiary/aromatic N) is 4. The van der Waals surface area contributed by atoms with E-state index < -0.39 is 0 Å². The minimum Gasteiger partial charge on any atom is -0.338 e. The first-order chi connectivity index (χ1) is 11.3. The summed E-state index contributed by atoms with van der Waals surface area (Å²) in [6.07, 6.45) is 9.09. The summed E-state index contributed by atoms with van der Waals surface area (Å²) in [5, 5.41) is 4.03. The first kappa shape index (κ1) is 16.9. The Morgan fingerprint density at radius 3 is 2.39 bits per heavy atom. The van der Waals surface area contributed by atoms with Crippen molar-refractivity contribution >= 4 is 0 Å². The van der Waals surface area contributed by atoms with E-state index in [4.69, 9.17) is 4.52 Å². The molecule has 3 heterocycles. The van der Waals surface area contributed by atoms with Crippen LogP contribution < -0.4 is 0 Å². The van der Waals surface area contributed by atoms with Gasteiger partial charge in [-0.15, -0.1) is 0 Å². The summed E-state index contributed by atoms with van der Waals surface area (Å²) in [5.74, 6) is 2.47. The molecule has 0 aliphatic carbocycles. The number of aryl methyl sites for hydroxylation is 1. The van der Waals surface area contributed by atoms with Crippen molar-refractivity contribution in [3.05, 3.63) is 11.7 Å². The molecule has 0 saturated carbocycles. The van der Waals surface area contributed by atoms with Gasteiger partial charge in [-0.25, -0.2) is 0 Å². The molecule has 1 aromatic heterocycles. The average Bonchev–Trinajstić information content (AvgIpc) is 2.93. The van der Waals surface area contributed by atoms with Gasteiger partial charge in [-0.1, -0.05) is 24.9 Å². The fourth-order valence-corrected chi connectivity index (χ4v) is 3.94. The third-order valence-electron chi connectivity index (χ3n) is 5.57. The van der Waals surface area contributed by atoms with E-state index in [1.165, 1.54) is 58.2 Å². The Bertz CT molecular complexity index is 459. The smallest absolute Gasteiger partial charge is 0.243 e. The molecular formula is C18H32N4O. The average molecular weight is 320 g/mol. The van der Waals surface area contributed by atoms with Crippen LogP contribution in [-0.2, 0) is 6.42 Å². The fourth-order valence-electron chi connectivity index (χ4n) is 3.94. The lowest BCUT2D eigenvalue weighted by atomic mass is 9.95. The number of likely N-dealkylation sites (tertiary alicyclic amines) is 2. The van der Waals surface area contributed by atoms with Gasteiger partial charge in [0.15, 0.2) is 5.82 Å². The van der Waals surface area contributed by atoms with Crippen LogP contribution in [0.3, 0.4) is 0 Å². The van der Waals surface area contributed by atoms with E-state index in [0.717, 1.165) is 37.1 Å². The molecule has 1 atom stereocenters. The lowest BCUT2D eigenvalue weighted by Gasteiger charge is -2.36. The highest BCUT2D eigenvalue weighted by Crippen LogP contribution is 2.26. The van der Waals surface area contributed by atoms with Gasteiger partial charge in [-0.05, 0) is 64.7 Å². The molecule has 0 bridgehead atoms. The topological polar surface area (TPSA) is 45.4 Å². The van der Waals surface area contributed by atoms with Crippen LogP contribution >= 0.6 is 0 Å². The van der Waals surface area contributed by atoms with E-state index in [2.05, 4.69) is 33.8 Å². The summed E-state index contributed by atoms with van der Waals surface area (Å²) in [4.78, 5) is 9.72. The Hall–Kier alpha value is -0.940. The third kappa shape index (κ3) is 4.54. The molecule has 0 spiro atoms. The highest BCUT2D eigenvalue weighted by molar-refractivity contribution is 4.93. The Labute approximate surface area is 140 Å². The van der Waals surface area contributed by atoms with E-state index in [1.54, 1.807) is 0 Å². The monoisotopic (exact) mass is 320 g/mol. The van der Waals surface area contributed by atoms with Gasteiger partial charge < -0.3 is 9.42 Å². The third-order valence-corrected chi connectivity index (χ3v) is 5.57. The second-order valence-corrected chi connectivity index (χ2v) is 7.27. The predicted octanol–water partition coefficient (Wildman–Crippen LogP) is 3.28. The molecule has 3 rings (SSSR count). The van der Waals surface area contributed by atoms with Gasteiger partial charge in [0, 0.05) is 13.0 Å². The second-order valence-electron chi connectivity index (χ2n) is 7.27. The zero-order valence-electron chi connectivity index (χ0n) is 14.8. The molecule has 2 saturated heterocycles. The molecule has 2 fully saturated rings. The molecule has 5 heteroatoms. The maximum atomic E-state index is 5.42. The van der Waals surface area contributed by atoms with Gasteiger partial charge in [-0.3, -0.25) is 4.90 Å². The molecule has 0 unspecified atom stereocenters. The molecule has 0 aromatic carbocycles. The summed E-state index contributed by atoms with van der Waals surface area (Å²) in [6, 6.07) is 0.252. The summed E-state index contributed by atoms with van der Waals surface area (Å²) in [5.41, 5.74) is 0. The standard InChI is InChI=1S/C18H32N4O/c1-3-17-19-18(23-20-17)15(2)22-12-8-16(9-13-22)14-21-10-6-4-5-7-11-21/h15-16H,3-14H2,1-2H3/t15-/m0/s1. The number of aromatic nitrogens is 2. The van der Waals surface area contributed by atoms with Crippen molar-refractivity contribution in [3.63, 3.8) is 0 Å². The molecular weight excluding hydrogens is 288 g/mol. The first-order valence-corrected chi connectivity index (χ1v) is 9.55. The zero-order chi connectivity index (χ0) is 16.1. The lowest BCUT2D eigenvalue weighted by molar-refractivity contribution is 0.102. The summed E-state index contributed by atoms with van der Waals surface area (Å²) < 4.78 is 5.42. The molecule has 130 valence electrons. The van der Waals surface area contributed by atoms with Crippen LogP contribution in [0.2, 0.25) is 0 Å². The Morgan fingerprint density at radius 2 is 1.78 bits per heavy atom. The summed E-state index contributed by atoms with van der Waals surface area (Å²) in [6.45, 7) is 10.5. The number of rotatable bonds is 5. The number of hydrogen-bond donors (Lipinski definition) is 0. The maximum absolute atomic E-state index is 5.42. The largest absolute Gasteiger partial charge is 0.338 e. The molecule has 0 amide bonds. The highest BCUT2D eigenvalue weighted by atomic mass is 16.5. The van der Waals surface area contributed by atoms with Gasteiger partial charge in [-0.2, -0.15) is 4.98 Å². The highest BCUT2D eigenvalue weighted by Gasteiger charge is 2.27. The van der Waals surface area contributed by atoms with Gasteiger partial charge in [0.05, 0.1) is 6.04 Å². The van der Waals surface area contributed by atoms with E-state index in [-0.39, 0.29) is 6.04 Å². The van der Waals surface area contributed by atoms with Crippen molar-refractivity contribution in [1.29, 1.82) is 0 Å². The second kappa shape index (κ2) is 8.25. The van der Waals surface area contributed by atoms with Crippen molar-refractivity contribution in [2.24, 2.45) is 5.92 Å². The SMILES string of the molecule is CCc1noc([C@H](C)N2CCC(CN3CCCCCC3)CC2)n1. The van der Waals surface area contributed by atoms with Crippen LogP contribution in [0.1, 0.15) is 70.1 Å². The molecule has 2 aliphatic heterocycles. The number of piperidine rings is 1. The van der Waals surface area contributed by atoms with Crippen LogP contribution in [-0.4, -0.2) is 52.7 Å². The van der Waals surface area contributed by atoms with Gasteiger partial charge in [0.2, 0.25) is 5.89 Å². The molecule has 0 radical (unpaired) electrons. The Morgan fingerprint density at radius 1 is 1.09 bits per heavy atom. The van der Waals surface area contributed by atoms with Crippen LogP contribution in [0.15, 0.2) is 4.52 Å². The lowest BCUT2D eigenvalue weighted by Crippen LogP contribution is -2.40.